The number of ether oxygens (including phenoxy) is 1. The Balaban J connectivity index is 1.55. The summed E-state index contributed by atoms with van der Waals surface area (Å²) in [6, 6.07) is 8.54. The number of phenols is 1. The number of nitrogens with zero attached hydrogens (tertiary/aromatic N) is 1. The van der Waals surface area contributed by atoms with Gasteiger partial charge < -0.3 is 9.84 Å². The van der Waals surface area contributed by atoms with E-state index in [2.05, 4.69) is 17.0 Å². The maximum atomic E-state index is 9.35. The molecule has 0 aromatic heterocycles. The molecule has 0 radical (unpaired) electrons. The molecule has 1 saturated carbocycles. The van der Waals surface area contributed by atoms with Gasteiger partial charge in [-0.2, -0.15) is 0 Å². The van der Waals surface area contributed by atoms with Crippen LogP contribution in [0.15, 0.2) is 24.3 Å². The van der Waals surface area contributed by atoms with Gasteiger partial charge in [0.1, 0.15) is 5.75 Å². The van der Waals surface area contributed by atoms with Gasteiger partial charge in [0.25, 0.3) is 0 Å². The number of rotatable bonds is 2. The van der Waals surface area contributed by atoms with Crippen LogP contribution in [0.2, 0.25) is 0 Å². The van der Waals surface area contributed by atoms with Crippen LogP contribution in [0.5, 0.6) is 5.75 Å². The molecule has 2 fully saturated rings. The Morgan fingerprint density at radius 1 is 0.947 bits per heavy atom. The average molecular weight is 261 g/mol. The van der Waals surface area contributed by atoms with Gasteiger partial charge in [0.15, 0.2) is 0 Å². The first-order valence-corrected chi connectivity index (χ1v) is 7.43. The van der Waals surface area contributed by atoms with Crippen molar-refractivity contribution in [1.82, 2.24) is 4.90 Å². The zero-order valence-electron chi connectivity index (χ0n) is 11.4. The topological polar surface area (TPSA) is 32.7 Å². The van der Waals surface area contributed by atoms with Crippen molar-refractivity contribution < 1.29 is 9.84 Å². The second-order valence-corrected chi connectivity index (χ2v) is 5.75. The molecule has 3 rings (SSSR count). The fraction of sp³-hybridized carbons (Fsp3) is 0.625. The summed E-state index contributed by atoms with van der Waals surface area (Å²) < 4.78 is 5.43. The van der Waals surface area contributed by atoms with Crippen molar-refractivity contribution in [1.29, 1.82) is 0 Å². The Bertz CT molecular complexity index is 390. The van der Waals surface area contributed by atoms with Crippen LogP contribution in [0.25, 0.3) is 0 Å². The molecule has 1 saturated heterocycles. The van der Waals surface area contributed by atoms with E-state index in [1.54, 1.807) is 0 Å². The van der Waals surface area contributed by atoms with E-state index in [0.29, 0.717) is 11.7 Å². The molecule has 2 aliphatic rings. The van der Waals surface area contributed by atoms with E-state index in [0.717, 1.165) is 32.3 Å². The lowest BCUT2D eigenvalue weighted by Gasteiger charge is -2.38. The van der Waals surface area contributed by atoms with Gasteiger partial charge in [0.2, 0.25) is 0 Å². The van der Waals surface area contributed by atoms with Gasteiger partial charge in [-0.15, -0.1) is 0 Å². The van der Waals surface area contributed by atoms with E-state index in [4.69, 9.17) is 4.74 Å². The maximum absolute atomic E-state index is 9.35. The lowest BCUT2D eigenvalue weighted by Crippen LogP contribution is -2.44. The highest BCUT2D eigenvalue weighted by Gasteiger charge is 2.27. The van der Waals surface area contributed by atoms with Crippen molar-refractivity contribution in [2.75, 3.05) is 26.3 Å². The third-order valence-corrected chi connectivity index (χ3v) is 4.62. The minimum Gasteiger partial charge on any atom is -0.508 e. The first-order chi connectivity index (χ1) is 9.33. The van der Waals surface area contributed by atoms with Gasteiger partial charge in [-0.05, 0) is 49.3 Å². The quantitative estimate of drug-likeness (QED) is 0.888. The van der Waals surface area contributed by atoms with Crippen molar-refractivity contribution in [2.24, 2.45) is 0 Å². The number of phenolic OH excluding ortho intramolecular Hbond substituents is 1. The zero-order chi connectivity index (χ0) is 13.1. The van der Waals surface area contributed by atoms with Crippen molar-refractivity contribution in [2.45, 2.75) is 37.6 Å². The molecule has 1 heterocycles. The predicted molar refractivity (Wildman–Crippen MR) is 75.5 cm³/mol. The number of hydrogen-bond donors (Lipinski definition) is 1. The Hall–Kier alpha value is -1.06. The van der Waals surface area contributed by atoms with E-state index >= 15 is 0 Å². The molecule has 0 unspecified atom stereocenters. The first kappa shape index (κ1) is 12.9. The van der Waals surface area contributed by atoms with E-state index in [1.165, 1.54) is 31.2 Å². The highest BCUT2D eigenvalue weighted by Crippen LogP contribution is 2.35. The summed E-state index contributed by atoms with van der Waals surface area (Å²) in [6.45, 7) is 4.01. The van der Waals surface area contributed by atoms with Crippen LogP contribution in [-0.4, -0.2) is 42.4 Å². The normalized spacial score (nSPS) is 29.3. The van der Waals surface area contributed by atoms with Gasteiger partial charge >= 0.3 is 0 Å². The fourth-order valence-electron chi connectivity index (χ4n) is 3.46. The number of hydrogen-bond acceptors (Lipinski definition) is 3. The van der Waals surface area contributed by atoms with Crippen molar-refractivity contribution >= 4 is 0 Å². The van der Waals surface area contributed by atoms with Crippen LogP contribution < -0.4 is 0 Å². The molecular weight excluding hydrogens is 238 g/mol. The molecule has 0 spiro atoms. The monoisotopic (exact) mass is 261 g/mol. The van der Waals surface area contributed by atoms with Crippen LogP contribution in [-0.2, 0) is 4.74 Å². The minimum absolute atomic E-state index is 0.366. The Labute approximate surface area is 115 Å². The Morgan fingerprint density at radius 2 is 1.58 bits per heavy atom. The molecule has 1 aromatic carbocycles. The predicted octanol–water partition coefficient (Wildman–Crippen LogP) is 2.75. The fourth-order valence-corrected chi connectivity index (χ4v) is 3.46. The lowest BCUT2D eigenvalue weighted by atomic mass is 9.81. The van der Waals surface area contributed by atoms with Crippen LogP contribution in [0.4, 0.5) is 0 Å². The molecule has 1 aliphatic carbocycles. The van der Waals surface area contributed by atoms with Gasteiger partial charge in [-0.1, -0.05) is 12.1 Å². The molecule has 3 nitrogen and oxygen atoms in total. The largest absolute Gasteiger partial charge is 0.508 e. The summed E-state index contributed by atoms with van der Waals surface area (Å²) in [5, 5.41) is 9.35. The summed E-state index contributed by atoms with van der Waals surface area (Å²) in [5.41, 5.74) is 1.39. The standard InChI is InChI=1S/C16H23NO2/c18-16-7-3-14(4-8-16)13-1-5-15(6-2-13)17-9-11-19-12-10-17/h3-4,7-8,13,15,18H,1-2,5-6,9-12H2. The molecule has 1 aliphatic heterocycles. The van der Waals surface area contributed by atoms with Gasteiger partial charge in [0, 0.05) is 19.1 Å². The van der Waals surface area contributed by atoms with E-state index in [1.807, 2.05) is 12.1 Å². The molecule has 1 N–H and O–H groups in total. The van der Waals surface area contributed by atoms with Crippen LogP contribution in [0.1, 0.15) is 37.2 Å². The summed E-state index contributed by atoms with van der Waals surface area (Å²) in [7, 11) is 0. The summed E-state index contributed by atoms with van der Waals surface area (Å²) in [6.07, 6.45) is 5.14. The van der Waals surface area contributed by atoms with E-state index in [9.17, 15) is 5.11 Å². The molecule has 0 atom stereocenters. The zero-order valence-corrected chi connectivity index (χ0v) is 11.4. The van der Waals surface area contributed by atoms with Crippen molar-refractivity contribution in [3.8, 4) is 5.75 Å². The second kappa shape index (κ2) is 5.93. The van der Waals surface area contributed by atoms with Gasteiger partial charge in [0.05, 0.1) is 13.2 Å². The minimum atomic E-state index is 0.366. The smallest absolute Gasteiger partial charge is 0.115 e. The molecule has 104 valence electrons. The summed E-state index contributed by atoms with van der Waals surface area (Å²) in [4.78, 5) is 2.61. The van der Waals surface area contributed by atoms with E-state index in [-0.39, 0.29) is 0 Å². The third kappa shape index (κ3) is 3.10. The van der Waals surface area contributed by atoms with Crippen molar-refractivity contribution in [3.63, 3.8) is 0 Å². The van der Waals surface area contributed by atoms with Crippen molar-refractivity contribution in [3.05, 3.63) is 29.8 Å². The maximum Gasteiger partial charge on any atom is 0.115 e. The Morgan fingerprint density at radius 3 is 2.21 bits per heavy atom. The second-order valence-electron chi connectivity index (χ2n) is 5.75. The summed E-state index contributed by atoms with van der Waals surface area (Å²) in [5.74, 6) is 1.05. The SMILES string of the molecule is Oc1ccc(C2CCC(N3CCOCC3)CC2)cc1. The summed E-state index contributed by atoms with van der Waals surface area (Å²) >= 11 is 0. The molecule has 19 heavy (non-hydrogen) atoms. The molecule has 0 amide bonds. The lowest BCUT2D eigenvalue weighted by molar-refractivity contribution is 0.00729. The first-order valence-electron chi connectivity index (χ1n) is 7.43. The Kier molecular flexibility index (Phi) is 4.04. The highest BCUT2D eigenvalue weighted by atomic mass is 16.5. The molecular formula is C16H23NO2. The molecule has 3 heteroatoms. The molecule has 0 bridgehead atoms. The number of benzene rings is 1. The van der Waals surface area contributed by atoms with Crippen LogP contribution >= 0.6 is 0 Å². The van der Waals surface area contributed by atoms with Gasteiger partial charge in [-0.3, -0.25) is 4.90 Å². The van der Waals surface area contributed by atoms with Crippen LogP contribution in [0, 0.1) is 0 Å². The van der Waals surface area contributed by atoms with E-state index < -0.39 is 0 Å². The molecule has 1 aromatic rings. The number of aromatic hydroxyl groups is 1. The average Bonchev–Trinajstić information content (AvgIpc) is 2.49. The third-order valence-electron chi connectivity index (χ3n) is 4.62. The number of morpholine rings is 1. The van der Waals surface area contributed by atoms with Crippen LogP contribution in [0.3, 0.4) is 0 Å². The highest BCUT2D eigenvalue weighted by molar-refractivity contribution is 5.28. The van der Waals surface area contributed by atoms with Gasteiger partial charge in [-0.25, -0.2) is 0 Å².